The third-order valence-corrected chi connectivity index (χ3v) is 5.92. The van der Waals surface area contributed by atoms with Crippen molar-refractivity contribution in [2.24, 2.45) is 0 Å². The fourth-order valence-corrected chi connectivity index (χ4v) is 4.09. The van der Waals surface area contributed by atoms with Crippen molar-refractivity contribution in [2.45, 2.75) is 6.04 Å². The number of hydrogen-bond acceptors (Lipinski definition) is 5. The molecule has 0 saturated carbocycles. The molecule has 0 spiro atoms. The molecule has 1 N–H and O–H groups in total. The van der Waals surface area contributed by atoms with E-state index in [0.29, 0.717) is 23.6 Å². The second kappa shape index (κ2) is 10.9. The van der Waals surface area contributed by atoms with Gasteiger partial charge in [-0.25, -0.2) is 4.68 Å². The second-order valence-electron chi connectivity index (χ2n) is 8.30. The quantitative estimate of drug-likeness (QED) is 0.388. The number of nitrogens with zero attached hydrogens (tertiary/aromatic N) is 3. The predicted octanol–water partition coefficient (Wildman–Crippen LogP) is 4.59. The van der Waals surface area contributed by atoms with Gasteiger partial charge in [-0.05, 0) is 44.4 Å². The molecule has 0 unspecified atom stereocenters. The molecule has 0 aliphatic rings. The first kappa shape index (κ1) is 24.0. The third-order valence-electron chi connectivity index (χ3n) is 5.92. The Morgan fingerprint density at radius 1 is 0.914 bits per heavy atom. The maximum absolute atomic E-state index is 13.5. The zero-order valence-electron chi connectivity index (χ0n) is 20.4. The van der Waals surface area contributed by atoms with Crippen molar-refractivity contribution in [2.75, 3.05) is 34.9 Å². The molecule has 1 heterocycles. The molecule has 0 aliphatic carbocycles. The van der Waals surface area contributed by atoms with Crippen LogP contribution in [0.15, 0.2) is 85.1 Å². The van der Waals surface area contributed by atoms with Crippen LogP contribution in [0.3, 0.4) is 0 Å². The van der Waals surface area contributed by atoms with Crippen LogP contribution in [0.4, 0.5) is 0 Å². The number of methoxy groups -OCH3 is 2. The molecule has 4 rings (SSSR count). The Bertz CT molecular complexity index is 1280. The summed E-state index contributed by atoms with van der Waals surface area (Å²) in [4.78, 5) is 15.6. The Labute approximate surface area is 205 Å². The minimum absolute atomic E-state index is 0.0750. The van der Waals surface area contributed by atoms with Crippen LogP contribution in [0.25, 0.3) is 16.9 Å². The molecule has 0 aliphatic heterocycles. The molecule has 7 nitrogen and oxygen atoms in total. The first-order valence-electron chi connectivity index (χ1n) is 11.4. The average molecular weight is 471 g/mol. The summed E-state index contributed by atoms with van der Waals surface area (Å²) in [5.41, 5.74) is 3.65. The molecule has 0 saturated heterocycles. The molecule has 0 bridgehead atoms. The number of aromatic nitrogens is 2. The molecule has 0 radical (unpaired) electrons. The van der Waals surface area contributed by atoms with Crippen LogP contribution in [-0.4, -0.2) is 55.4 Å². The van der Waals surface area contributed by atoms with Gasteiger partial charge in [-0.3, -0.25) is 4.79 Å². The van der Waals surface area contributed by atoms with E-state index in [1.165, 1.54) is 0 Å². The monoisotopic (exact) mass is 470 g/mol. The highest BCUT2D eigenvalue weighted by molar-refractivity contribution is 6.00. The first-order chi connectivity index (χ1) is 17.0. The number of benzene rings is 3. The summed E-state index contributed by atoms with van der Waals surface area (Å²) in [5, 5.41) is 7.89. The average Bonchev–Trinajstić information content (AvgIpc) is 3.35. The molecular weight excluding hydrogens is 440 g/mol. The molecule has 3 aromatic carbocycles. The van der Waals surface area contributed by atoms with Crippen LogP contribution < -0.4 is 14.8 Å². The van der Waals surface area contributed by atoms with E-state index < -0.39 is 0 Å². The summed E-state index contributed by atoms with van der Waals surface area (Å²) in [7, 11) is 7.23. The highest BCUT2D eigenvalue weighted by atomic mass is 16.5. The number of likely N-dealkylation sites (N-methyl/N-ethyl adjacent to an activating group) is 1. The van der Waals surface area contributed by atoms with Gasteiger partial charge in [0, 0.05) is 23.9 Å². The maximum atomic E-state index is 13.5. The topological polar surface area (TPSA) is 68.6 Å². The van der Waals surface area contributed by atoms with Gasteiger partial charge in [-0.1, -0.05) is 48.5 Å². The van der Waals surface area contributed by atoms with E-state index in [0.717, 1.165) is 22.6 Å². The molecule has 4 aromatic rings. The van der Waals surface area contributed by atoms with Crippen LogP contribution in [-0.2, 0) is 0 Å². The van der Waals surface area contributed by atoms with Gasteiger partial charge in [0.05, 0.1) is 31.5 Å². The Balaban J connectivity index is 1.68. The number of carbonyl (C=O) groups is 1. The molecule has 180 valence electrons. The van der Waals surface area contributed by atoms with Gasteiger partial charge < -0.3 is 19.7 Å². The molecule has 7 heteroatoms. The molecule has 0 fully saturated rings. The van der Waals surface area contributed by atoms with Crippen LogP contribution >= 0.6 is 0 Å². The highest BCUT2D eigenvalue weighted by Gasteiger charge is 2.24. The maximum Gasteiger partial charge on any atom is 0.255 e. The van der Waals surface area contributed by atoms with E-state index in [1.807, 2.05) is 93.0 Å². The lowest BCUT2D eigenvalue weighted by molar-refractivity contribution is 0.0942. The van der Waals surface area contributed by atoms with Gasteiger partial charge >= 0.3 is 0 Å². The Morgan fingerprint density at radius 2 is 1.54 bits per heavy atom. The van der Waals surface area contributed by atoms with E-state index in [4.69, 9.17) is 14.6 Å². The van der Waals surface area contributed by atoms with Crippen LogP contribution in [0.5, 0.6) is 11.5 Å². The molecular formula is C28H30N4O3. The van der Waals surface area contributed by atoms with Gasteiger partial charge in [0.2, 0.25) is 0 Å². The van der Waals surface area contributed by atoms with Crippen molar-refractivity contribution in [3.8, 4) is 28.4 Å². The number of carbonyl (C=O) groups excluding carboxylic acids is 1. The fraction of sp³-hybridized carbons (Fsp3) is 0.214. The number of ether oxygens (including phenoxy) is 2. The Morgan fingerprint density at radius 3 is 2.23 bits per heavy atom. The van der Waals surface area contributed by atoms with Crippen LogP contribution in [0.1, 0.15) is 22.0 Å². The minimum Gasteiger partial charge on any atom is -0.496 e. The number of hydrogen-bond donors (Lipinski definition) is 1. The van der Waals surface area contributed by atoms with Crippen molar-refractivity contribution in [1.29, 1.82) is 0 Å². The number of para-hydroxylation sites is 3. The lowest BCUT2D eigenvalue weighted by Crippen LogP contribution is -2.34. The first-order valence-corrected chi connectivity index (χ1v) is 11.4. The second-order valence-corrected chi connectivity index (χ2v) is 8.30. The van der Waals surface area contributed by atoms with Gasteiger partial charge in [-0.2, -0.15) is 5.10 Å². The number of nitrogens with one attached hydrogen (secondary N) is 1. The smallest absolute Gasteiger partial charge is 0.255 e. The summed E-state index contributed by atoms with van der Waals surface area (Å²) in [6, 6.07) is 25.1. The largest absolute Gasteiger partial charge is 0.496 e. The van der Waals surface area contributed by atoms with Crippen molar-refractivity contribution in [3.63, 3.8) is 0 Å². The van der Waals surface area contributed by atoms with E-state index in [1.54, 1.807) is 25.1 Å². The van der Waals surface area contributed by atoms with Gasteiger partial charge in [0.25, 0.3) is 5.91 Å². The van der Waals surface area contributed by atoms with Crippen LogP contribution in [0, 0.1) is 0 Å². The molecule has 1 atom stereocenters. The summed E-state index contributed by atoms with van der Waals surface area (Å²) in [6.07, 6.45) is 1.76. The standard InChI is InChI=1S/C28H30N4O3/c1-31(2)24(21-14-8-10-16-25(21)34-3)18-29-28(33)23-19-32(20-12-6-5-7-13-20)30-27(23)22-15-9-11-17-26(22)35-4/h5-17,19,24H,18H2,1-4H3,(H,29,33)/t24-/m1/s1. The van der Waals surface area contributed by atoms with Crippen LogP contribution in [0.2, 0.25) is 0 Å². The van der Waals surface area contributed by atoms with E-state index in [9.17, 15) is 4.79 Å². The summed E-state index contributed by atoms with van der Waals surface area (Å²) in [6.45, 7) is 0.397. The van der Waals surface area contributed by atoms with Crippen molar-refractivity contribution in [3.05, 3.63) is 96.2 Å². The van der Waals surface area contributed by atoms with E-state index in [2.05, 4.69) is 10.2 Å². The normalized spacial score (nSPS) is 11.8. The fourth-order valence-electron chi connectivity index (χ4n) is 4.09. The van der Waals surface area contributed by atoms with Gasteiger partial charge in [-0.15, -0.1) is 0 Å². The zero-order valence-corrected chi connectivity index (χ0v) is 20.4. The zero-order chi connectivity index (χ0) is 24.8. The summed E-state index contributed by atoms with van der Waals surface area (Å²) >= 11 is 0. The number of amides is 1. The molecule has 1 amide bonds. The van der Waals surface area contributed by atoms with E-state index >= 15 is 0 Å². The Kier molecular flexibility index (Phi) is 7.48. The van der Waals surface area contributed by atoms with Crippen molar-refractivity contribution in [1.82, 2.24) is 20.0 Å². The highest BCUT2D eigenvalue weighted by Crippen LogP contribution is 2.32. The predicted molar refractivity (Wildman–Crippen MR) is 137 cm³/mol. The summed E-state index contributed by atoms with van der Waals surface area (Å²) in [5.74, 6) is 1.22. The lowest BCUT2D eigenvalue weighted by atomic mass is 10.0. The minimum atomic E-state index is -0.213. The van der Waals surface area contributed by atoms with Crippen molar-refractivity contribution < 1.29 is 14.3 Å². The summed E-state index contributed by atoms with van der Waals surface area (Å²) < 4.78 is 12.8. The Hall–Kier alpha value is -4.10. The van der Waals surface area contributed by atoms with Gasteiger partial charge in [0.15, 0.2) is 0 Å². The number of rotatable bonds is 9. The van der Waals surface area contributed by atoms with Gasteiger partial charge in [0.1, 0.15) is 17.2 Å². The lowest BCUT2D eigenvalue weighted by Gasteiger charge is -2.26. The molecule has 1 aromatic heterocycles. The molecule has 35 heavy (non-hydrogen) atoms. The van der Waals surface area contributed by atoms with E-state index in [-0.39, 0.29) is 11.9 Å². The SMILES string of the molecule is COc1ccccc1-c1nn(-c2ccccc2)cc1C(=O)NC[C@H](c1ccccc1OC)N(C)C. The third kappa shape index (κ3) is 5.20. The van der Waals surface area contributed by atoms with Crippen molar-refractivity contribution >= 4 is 5.91 Å².